The topological polar surface area (TPSA) is 70.7 Å². The van der Waals surface area contributed by atoms with Gasteiger partial charge in [-0.15, -0.1) is 13.2 Å². The number of likely N-dealkylation sites (N-methyl/N-ethyl adjacent to an activating group) is 1. The first-order valence-electron chi connectivity index (χ1n) is 12.1. The van der Waals surface area contributed by atoms with Crippen molar-refractivity contribution in [2.45, 2.75) is 55.7 Å². The van der Waals surface area contributed by atoms with Crippen molar-refractivity contribution < 1.29 is 40.7 Å². The molecule has 0 bridgehead atoms. The van der Waals surface area contributed by atoms with E-state index in [0.717, 1.165) is 30.7 Å². The van der Waals surface area contributed by atoms with E-state index >= 15 is 0 Å². The van der Waals surface area contributed by atoms with Gasteiger partial charge < -0.3 is 20.3 Å². The largest absolute Gasteiger partial charge is 0.573 e. The van der Waals surface area contributed by atoms with Gasteiger partial charge in [0.05, 0.1) is 11.0 Å². The smallest absolute Gasteiger partial charge is 0.406 e. The molecule has 12 heteroatoms. The molecule has 0 unspecified atom stereocenters. The molecule has 2 aromatic rings. The van der Waals surface area contributed by atoms with Gasteiger partial charge >= 0.3 is 12.5 Å². The van der Waals surface area contributed by atoms with Crippen LogP contribution in [-0.4, -0.2) is 55.3 Å². The zero-order chi connectivity index (χ0) is 27.7. The summed E-state index contributed by atoms with van der Waals surface area (Å²) in [6.07, 6.45) is -7.77. The van der Waals surface area contributed by atoms with Gasteiger partial charge in [0.25, 0.3) is 0 Å². The quantitative estimate of drug-likeness (QED) is 0.491. The average Bonchev–Trinajstić information content (AvgIpc) is 3.52. The molecule has 1 aliphatic heterocycles. The molecule has 1 aliphatic carbocycles. The van der Waals surface area contributed by atoms with Crippen molar-refractivity contribution in [3.63, 3.8) is 0 Å². The van der Waals surface area contributed by atoms with Crippen molar-refractivity contribution in [3.05, 3.63) is 65.2 Å². The Morgan fingerprint density at radius 1 is 1.03 bits per heavy atom. The van der Waals surface area contributed by atoms with Crippen molar-refractivity contribution in [1.82, 2.24) is 15.5 Å². The molecule has 1 saturated heterocycles. The number of carbonyl (C=O) groups excluding carboxylic acids is 2. The zero-order valence-electron chi connectivity index (χ0n) is 20.5. The molecule has 2 amide bonds. The van der Waals surface area contributed by atoms with E-state index in [2.05, 4.69) is 15.4 Å². The van der Waals surface area contributed by atoms with Crippen LogP contribution in [0.2, 0.25) is 0 Å². The molecule has 2 aromatic carbocycles. The molecule has 38 heavy (non-hydrogen) atoms. The molecule has 2 N–H and O–H groups in total. The number of likely N-dealkylation sites (tertiary alicyclic amines) is 1. The minimum Gasteiger partial charge on any atom is -0.406 e. The van der Waals surface area contributed by atoms with Crippen molar-refractivity contribution in [2.75, 3.05) is 20.1 Å². The zero-order valence-corrected chi connectivity index (χ0v) is 20.5. The van der Waals surface area contributed by atoms with Gasteiger partial charge in [0.2, 0.25) is 11.8 Å². The van der Waals surface area contributed by atoms with Crippen molar-refractivity contribution in [2.24, 2.45) is 0 Å². The van der Waals surface area contributed by atoms with Crippen molar-refractivity contribution >= 4 is 11.8 Å². The third-order valence-corrected chi connectivity index (χ3v) is 7.06. The van der Waals surface area contributed by atoms with Gasteiger partial charge in [-0.25, -0.2) is 0 Å². The van der Waals surface area contributed by atoms with Gasteiger partial charge in [-0.05, 0) is 61.7 Å². The Morgan fingerprint density at radius 3 is 2.16 bits per heavy atom. The van der Waals surface area contributed by atoms with Crippen LogP contribution in [0.25, 0.3) is 0 Å². The molecule has 0 radical (unpaired) electrons. The normalized spacial score (nSPS) is 19.7. The Bertz CT molecular complexity index is 1140. The second kappa shape index (κ2) is 10.5. The first kappa shape index (κ1) is 27.7. The van der Waals surface area contributed by atoms with E-state index in [1.165, 1.54) is 24.3 Å². The second-order valence-corrected chi connectivity index (χ2v) is 9.64. The molecular weight excluding hydrogens is 516 g/mol. The molecule has 1 saturated carbocycles. The molecule has 4 rings (SSSR count). The maximum atomic E-state index is 13.4. The Labute approximate surface area is 215 Å². The van der Waals surface area contributed by atoms with E-state index in [4.69, 9.17) is 0 Å². The highest BCUT2D eigenvalue weighted by molar-refractivity contribution is 5.95. The fourth-order valence-electron chi connectivity index (χ4n) is 4.73. The van der Waals surface area contributed by atoms with Crippen LogP contribution in [0.15, 0.2) is 48.5 Å². The number of rotatable bonds is 8. The predicted octanol–water partition coefficient (Wildman–Crippen LogP) is 4.18. The van der Waals surface area contributed by atoms with E-state index in [1.807, 2.05) is 0 Å². The number of halogens is 6. The lowest BCUT2D eigenvalue weighted by Gasteiger charge is -2.27. The van der Waals surface area contributed by atoms with Crippen LogP contribution in [0.5, 0.6) is 5.75 Å². The van der Waals surface area contributed by atoms with Crippen LogP contribution >= 0.6 is 0 Å². The number of alkyl halides is 6. The molecule has 1 heterocycles. The SMILES string of the molecule is CN[C@H]1CCN(C(=O)[C@H](Cc2ccc(C(F)(F)F)cc2)NC(=O)C2(c3ccc(OC(F)(F)F)cc3)CC2)C1. The molecule has 206 valence electrons. The van der Waals surface area contributed by atoms with Crippen LogP contribution in [-0.2, 0) is 27.6 Å². The number of nitrogens with zero attached hydrogens (tertiary/aromatic N) is 1. The lowest BCUT2D eigenvalue weighted by molar-refractivity contribution is -0.274. The summed E-state index contributed by atoms with van der Waals surface area (Å²) in [5.41, 5.74) is -0.894. The summed E-state index contributed by atoms with van der Waals surface area (Å²) in [5, 5.41) is 5.89. The minimum atomic E-state index is -4.84. The first-order valence-corrected chi connectivity index (χ1v) is 12.1. The first-order chi connectivity index (χ1) is 17.8. The summed E-state index contributed by atoms with van der Waals surface area (Å²) < 4.78 is 80.3. The number of hydrogen-bond donors (Lipinski definition) is 2. The lowest BCUT2D eigenvalue weighted by atomic mass is 9.93. The van der Waals surface area contributed by atoms with Crippen LogP contribution in [0, 0.1) is 0 Å². The maximum absolute atomic E-state index is 13.4. The summed E-state index contributed by atoms with van der Waals surface area (Å²) in [6.45, 7) is 0.899. The maximum Gasteiger partial charge on any atom is 0.573 e. The number of hydrogen-bond acceptors (Lipinski definition) is 4. The molecule has 0 spiro atoms. The van der Waals surface area contributed by atoms with E-state index in [9.17, 15) is 35.9 Å². The van der Waals surface area contributed by atoms with Crippen molar-refractivity contribution in [3.8, 4) is 5.75 Å². The standard InChI is InChI=1S/C26H27F6N3O3/c1-33-19-10-13-35(15-19)22(36)21(14-16-2-4-18(5-3-16)25(27,28)29)34-23(37)24(11-12-24)17-6-8-20(9-7-17)38-26(30,31)32/h2-9,19,21,33H,10-15H2,1H3,(H,34,37)/t19-,21-/m0/s1. The van der Waals surface area contributed by atoms with Crippen LogP contribution in [0.3, 0.4) is 0 Å². The average molecular weight is 544 g/mol. The lowest BCUT2D eigenvalue weighted by Crippen LogP contribution is -2.52. The van der Waals surface area contributed by atoms with Gasteiger partial charge in [0.1, 0.15) is 11.8 Å². The number of ether oxygens (including phenoxy) is 1. The highest BCUT2D eigenvalue weighted by Gasteiger charge is 2.52. The van der Waals surface area contributed by atoms with E-state index in [0.29, 0.717) is 37.1 Å². The fourth-order valence-corrected chi connectivity index (χ4v) is 4.73. The summed E-state index contributed by atoms with van der Waals surface area (Å²) >= 11 is 0. The summed E-state index contributed by atoms with van der Waals surface area (Å²) in [5.74, 6) is -1.22. The third kappa shape index (κ3) is 6.40. The highest BCUT2D eigenvalue weighted by Crippen LogP contribution is 2.49. The number of nitrogens with one attached hydrogen (secondary N) is 2. The monoisotopic (exact) mass is 543 g/mol. The molecule has 2 fully saturated rings. The van der Waals surface area contributed by atoms with Gasteiger partial charge in [-0.2, -0.15) is 13.2 Å². The fraction of sp³-hybridized carbons (Fsp3) is 0.462. The van der Waals surface area contributed by atoms with Gasteiger partial charge in [0, 0.05) is 25.6 Å². The predicted molar refractivity (Wildman–Crippen MR) is 125 cm³/mol. The molecule has 6 nitrogen and oxygen atoms in total. The molecular formula is C26H27F6N3O3. The van der Waals surface area contributed by atoms with Crippen molar-refractivity contribution in [1.29, 1.82) is 0 Å². The highest BCUT2D eigenvalue weighted by atomic mass is 19.4. The Kier molecular flexibility index (Phi) is 7.64. The second-order valence-electron chi connectivity index (χ2n) is 9.64. The third-order valence-electron chi connectivity index (χ3n) is 7.06. The Morgan fingerprint density at radius 2 is 1.66 bits per heavy atom. The summed E-state index contributed by atoms with van der Waals surface area (Å²) in [7, 11) is 1.78. The van der Waals surface area contributed by atoms with Crippen LogP contribution in [0.1, 0.15) is 36.0 Å². The van der Waals surface area contributed by atoms with Crippen LogP contribution in [0.4, 0.5) is 26.3 Å². The van der Waals surface area contributed by atoms with E-state index in [-0.39, 0.29) is 18.4 Å². The Balaban J connectivity index is 1.52. The van der Waals surface area contributed by atoms with Gasteiger partial charge in [-0.1, -0.05) is 24.3 Å². The minimum absolute atomic E-state index is 0.0160. The molecule has 2 atom stereocenters. The summed E-state index contributed by atoms with van der Waals surface area (Å²) in [4.78, 5) is 28.4. The Hall–Kier alpha value is -3.28. The number of carbonyl (C=O) groups is 2. The number of amides is 2. The van der Waals surface area contributed by atoms with Gasteiger partial charge in [-0.3, -0.25) is 9.59 Å². The van der Waals surface area contributed by atoms with E-state index in [1.54, 1.807) is 11.9 Å². The summed E-state index contributed by atoms with van der Waals surface area (Å²) in [6, 6.07) is 8.51. The van der Waals surface area contributed by atoms with Crippen LogP contribution < -0.4 is 15.4 Å². The molecule has 2 aliphatic rings. The molecule has 0 aromatic heterocycles. The van der Waals surface area contributed by atoms with E-state index < -0.39 is 41.2 Å². The number of benzene rings is 2. The van der Waals surface area contributed by atoms with Gasteiger partial charge in [0.15, 0.2) is 0 Å².